The highest BCUT2D eigenvalue weighted by molar-refractivity contribution is 6.90. The molecule has 0 bridgehead atoms. The van der Waals surface area contributed by atoms with Crippen LogP contribution >= 0.6 is 0 Å². The predicted molar refractivity (Wildman–Crippen MR) is 119 cm³/mol. The van der Waals surface area contributed by atoms with E-state index in [-0.39, 0.29) is 11.4 Å². The van der Waals surface area contributed by atoms with Crippen LogP contribution in [0.3, 0.4) is 0 Å². The number of carbonyl (C=O) groups excluding carboxylic acids is 1. The molecule has 0 saturated heterocycles. The zero-order valence-electron chi connectivity index (χ0n) is 19.7. The fourth-order valence-corrected chi connectivity index (χ4v) is 9.95. The lowest BCUT2D eigenvalue weighted by atomic mass is 9.97. The summed E-state index contributed by atoms with van der Waals surface area (Å²) in [5.74, 6) is 4.40. The van der Waals surface area contributed by atoms with Crippen molar-refractivity contribution in [2.45, 2.75) is 112 Å². The van der Waals surface area contributed by atoms with Gasteiger partial charge < -0.3 is 4.74 Å². The summed E-state index contributed by atoms with van der Waals surface area (Å²) in [6.07, 6.45) is 4.53. The van der Waals surface area contributed by atoms with E-state index in [0.29, 0.717) is 23.2 Å². The SMILES string of the molecule is CC(C)[Si](C#C[C@@]1(C)C[C@@H]1CCCCOC(=O)C(C)(C)C)(C(C)C)C(C)C. The smallest absolute Gasteiger partial charge is 0.311 e. The van der Waals surface area contributed by atoms with Crippen LogP contribution in [0.5, 0.6) is 0 Å². The molecule has 3 heteroatoms. The largest absolute Gasteiger partial charge is 0.465 e. The Balaban J connectivity index is 2.54. The standard InChI is InChI=1S/C24H44O2Si/c1-18(2)27(19(3)4,20(5)6)16-14-24(10)17-21(24)13-11-12-15-26-22(25)23(7,8)9/h18-21H,11-13,15,17H2,1-10H3/t21-,24-/m0/s1. The molecule has 2 nitrogen and oxygen atoms in total. The van der Waals surface area contributed by atoms with Gasteiger partial charge in [0, 0.05) is 5.41 Å². The van der Waals surface area contributed by atoms with Gasteiger partial charge in [-0.3, -0.25) is 4.79 Å². The highest BCUT2D eigenvalue weighted by atomic mass is 28.3. The van der Waals surface area contributed by atoms with Crippen LogP contribution in [0.25, 0.3) is 0 Å². The van der Waals surface area contributed by atoms with Crippen molar-refractivity contribution in [3.05, 3.63) is 0 Å². The molecule has 27 heavy (non-hydrogen) atoms. The first-order valence-corrected chi connectivity index (χ1v) is 13.2. The van der Waals surface area contributed by atoms with Gasteiger partial charge >= 0.3 is 5.97 Å². The molecule has 0 unspecified atom stereocenters. The first-order valence-electron chi connectivity index (χ1n) is 11.0. The molecule has 0 N–H and O–H groups in total. The molecule has 1 aliphatic rings. The van der Waals surface area contributed by atoms with Crippen LogP contribution in [-0.2, 0) is 9.53 Å². The molecular weight excluding hydrogens is 348 g/mol. The van der Waals surface area contributed by atoms with E-state index in [2.05, 4.69) is 59.9 Å². The van der Waals surface area contributed by atoms with Crippen molar-refractivity contribution in [2.75, 3.05) is 6.61 Å². The molecule has 0 aromatic heterocycles. The van der Waals surface area contributed by atoms with Gasteiger partial charge in [-0.05, 0) is 75.9 Å². The van der Waals surface area contributed by atoms with E-state index >= 15 is 0 Å². The summed E-state index contributed by atoms with van der Waals surface area (Å²) in [6, 6.07) is 0. The molecule has 1 aliphatic carbocycles. The monoisotopic (exact) mass is 392 g/mol. The third-order valence-corrected chi connectivity index (χ3v) is 12.9. The number of hydrogen-bond acceptors (Lipinski definition) is 2. The van der Waals surface area contributed by atoms with Gasteiger partial charge in [-0.15, -0.1) is 11.5 Å². The van der Waals surface area contributed by atoms with Crippen LogP contribution in [0.4, 0.5) is 0 Å². The van der Waals surface area contributed by atoms with Gasteiger partial charge in [0.05, 0.1) is 12.0 Å². The topological polar surface area (TPSA) is 26.3 Å². The minimum absolute atomic E-state index is 0.0954. The zero-order chi connectivity index (χ0) is 21.0. The molecule has 1 fully saturated rings. The Morgan fingerprint density at radius 2 is 1.59 bits per heavy atom. The number of ether oxygens (including phenoxy) is 1. The van der Waals surface area contributed by atoms with E-state index in [1.165, 1.54) is 12.8 Å². The first-order chi connectivity index (χ1) is 12.3. The number of hydrogen-bond donors (Lipinski definition) is 0. The van der Waals surface area contributed by atoms with Crippen LogP contribution in [0.15, 0.2) is 0 Å². The summed E-state index contributed by atoms with van der Waals surface area (Å²) in [4.78, 5) is 11.8. The molecular formula is C24H44O2Si. The Morgan fingerprint density at radius 3 is 2.04 bits per heavy atom. The van der Waals surface area contributed by atoms with Crippen molar-refractivity contribution >= 4 is 14.0 Å². The normalized spacial score (nSPS) is 22.8. The van der Waals surface area contributed by atoms with E-state index in [0.717, 1.165) is 18.8 Å². The number of rotatable bonds is 8. The molecule has 0 aromatic rings. The molecule has 1 saturated carbocycles. The highest BCUT2D eigenvalue weighted by Crippen LogP contribution is 2.55. The summed E-state index contributed by atoms with van der Waals surface area (Å²) >= 11 is 0. The van der Waals surface area contributed by atoms with Gasteiger partial charge in [0.15, 0.2) is 0 Å². The number of carbonyl (C=O) groups is 1. The summed E-state index contributed by atoms with van der Waals surface area (Å²) in [5, 5.41) is 0. The van der Waals surface area contributed by atoms with E-state index in [1.807, 2.05) is 20.8 Å². The maximum Gasteiger partial charge on any atom is 0.311 e. The average Bonchev–Trinajstić information content (AvgIpc) is 3.15. The van der Waals surface area contributed by atoms with Gasteiger partial charge in [-0.2, -0.15) is 0 Å². The average molecular weight is 393 g/mol. The Morgan fingerprint density at radius 1 is 1.07 bits per heavy atom. The van der Waals surface area contributed by atoms with Crippen LogP contribution in [0, 0.1) is 28.2 Å². The molecule has 0 spiro atoms. The second-order valence-electron chi connectivity index (χ2n) is 10.8. The van der Waals surface area contributed by atoms with Gasteiger partial charge in [-0.25, -0.2) is 0 Å². The molecule has 0 aromatic carbocycles. The summed E-state index contributed by atoms with van der Waals surface area (Å²) < 4.78 is 5.37. The van der Waals surface area contributed by atoms with Crippen molar-refractivity contribution in [3.8, 4) is 11.5 Å². The van der Waals surface area contributed by atoms with Gasteiger partial charge in [-0.1, -0.05) is 41.5 Å². The minimum atomic E-state index is -1.62. The second-order valence-corrected chi connectivity index (χ2v) is 16.4. The molecule has 0 heterocycles. The number of esters is 1. The van der Waals surface area contributed by atoms with Crippen molar-refractivity contribution in [2.24, 2.45) is 16.7 Å². The molecule has 0 amide bonds. The maximum absolute atomic E-state index is 11.8. The van der Waals surface area contributed by atoms with E-state index in [4.69, 9.17) is 4.74 Å². The van der Waals surface area contributed by atoms with Crippen molar-refractivity contribution < 1.29 is 9.53 Å². The third kappa shape index (κ3) is 6.11. The Hall–Kier alpha value is -0.753. The van der Waals surface area contributed by atoms with Crippen molar-refractivity contribution in [1.29, 1.82) is 0 Å². The maximum atomic E-state index is 11.8. The summed E-state index contributed by atoms with van der Waals surface area (Å²) in [6.45, 7) is 22.9. The van der Waals surface area contributed by atoms with Crippen LogP contribution < -0.4 is 0 Å². The van der Waals surface area contributed by atoms with Crippen molar-refractivity contribution in [3.63, 3.8) is 0 Å². The van der Waals surface area contributed by atoms with Crippen LogP contribution in [0.2, 0.25) is 16.6 Å². The molecule has 2 atom stereocenters. The Labute approximate surface area is 170 Å². The quantitative estimate of drug-likeness (QED) is 0.192. The fraction of sp³-hybridized carbons (Fsp3) is 0.875. The Kier molecular flexibility index (Phi) is 8.24. The summed E-state index contributed by atoms with van der Waals surface area (Å²) in [5.41, 5.74) is 5.83. The Bertz CT molecular complexity index is 537. The van der Waals surface area contributed by atoms with E-state index < -0.39 is 13.5 Å². The molecule has 1 rings (SSSR count). The molecule has 0 aliphatic heterocycles. The van der Waals surface area contributed by atoms with Gasteiger partial charge in [0.25, 0.3) is 0 Å². The molecule has 0 radical (unpaired) electrons. The van der Waals surface area contributed by atoms with Crippen LogP contribution in [0.1, 0.15) is 94.9 Å². The molecule has 156 valence electrons. The zero-order valence-corrected chi connectivity index (χ0v) is 20.7. The van der Waals surface area contributed by atoms with Crippen molar-refractivity contribution in [1.82, 2.24) is 0 Å². The van der Waals surface area contributed by atoms with E-state index in [9.17, 15) is 4.79 Å². The predicted octanol–water partition coefficient (Wildman–Crippen LogP) is 6.99. The second kappa shape index (κ2) is 9.16. The lowest BCUT2D eigenvalue weighted by Gasteiger charge is -2.38. The lowest BCUT2D eigenvalue weighted by Crippen LogP contribution is -2.43. The van der Waals surface area contributed by atoms with Gasteiger partial charge in [0.2, 0.25) is 0 Å². The summed E-state index contributed by atoms with van der Waals surface area (Å²) in [7, 11) is -1.62. The van der Waals surface area contributed by atoms with Gasteiger partial charge in [0.1, 0.15) is 8.07 Å². The fourth-order valence-electron chi connectivity index (χ4n) is 4.58. The minimum Gasteiger partial charge on any atom is -0.465 e. The third-order valence-electron chi connectivity index (χ3n) is 6.63. The van der Waals surface area contributed by atoms with E-state index in [1.54, 1.807) is 0 Å². The highest BCUT2D eigenvalue weighted by Gasteiger charge is 2.49. The number of unbranched alkanes of at least 4 members (excludes halogenated alkanes) is 1. The van der Waals surface area contributed by atoms with Crippen LogP contribution in [-0.4, -0.2) is 20.7 Å². The first kappa shape index (κ1) is 24.3. The lowest BCUT2D eigenvalue weighted by molar-refractivity contribution is -0.153.